The highest BCUT2D eigenvalue weighted by atomic mass is 16.5. The molecule has 2 heterocycles. The van der Waals surface area contributed by atoms with Crippen LogP contribution in [0.3, 0.4) is 0 Å². The third-order valence-corrected chi connectivity index (χ3v) is 4.13. The number of rotatable bonds is 5. The summed E-state index contributed by atoms with van der Waals surface area (Å²) in [6, 6.07) is 0. The Bertz CT molecular complexity index is 194. The molecule has 0 aromatic rings. The van der Waals surface area contributed by atoms with Gasteiger partial charge in [0.2, 0.25) is 0 Å². The molecule has 3 nitrogen and oxygen atoms in total. The van der Waals surface area contributed by atoms with Gasteiger partial charge >= 0.3 is 0 Å². The molecule has 0 aromatic heterocycles. The Morgan fingerprint density at radius 1 is 1.25 bits per heavy atom. The smallest absolute Gasteiger partial charge is 0.0507 e. The molecule has 16 heavy (non-hydrogen) atoms. The van der Waals surface area contributed by atoms with Crippen LogP contribution >= 0.6 is 0 Å². The van der Waals surface area contributed by atoms with Crippen LogP contribution in [0.1, 0.15) is 20.3 Å². The Labute approximate surface area is 99.5 Å². The molecule has 2 aliphatic rings. The molecule has 2 rings (SSSR count). The maximum absolute atomic E-state index is 5.37. The zero-order valence-electron chi connectivity index (χ0n) is 10.7. The highest BCUT2D eigenvalue weighted by molar-refractivity contribution is 4.78. The zero-order valence-corrected chi connectivity index (χ0v) is 10.7. The maximum atomic E-state index is 5.37. The van der Waals surface area contributed by atoms with Crippen LogP contribution in [0.5, 0.6) is 0 Å². The molecule has 3 heteroatoms. The molecule has 2 saturated heterocycles. The second-order valence-corrected chi connectivity index (χ2v) is 5.65. The predicted molar refractivity (Wildman–Crippen MR) is 66.6 cm³/mol. The van der Waals surface area contributed by atoms with Gasteiger partial charge in [0.15, 0.2) is 0 Å². The lowest BCUT2D eigenvalue weighted by molar-refractivity contribution is 0.185. The number of nitrogens with zero attached hydrogens (tertiary/aromatic N) is 1. The Hall–Kier alpha value is -0.120. The van der Waals surface area contributed by atoms with Crippen molar-refractivity contribution in [3.05, 3.63) is 0 Å². The van der Waals surface area contributed by atoms with Gasteiger partial charge in [-0.25, -0.2) is 0 Å². The van der Waals surface area contributed by atoms with Crippen LogP contribution in [0.2, 0.25) is 0 Å². The van der Waals surface area contributed by atoms with Gasteiger partial charge in [-0.1, -0.05) is 13.8 Å². The third-order valence-electron chi connectivity index (χ3n) is 4.13. The van der Waals surface area contributed by atoms with Gasteiger partial charge in [-0.3, -0.25) is 0 Å². The van der Waals surface area contributed by atoms with Gasteiger partial charge in [0.05, 0.1) is 6.61 Å². The van der Waals surface area contributed by atoms with E-state index in [0.29, 0.717) is 0 Å². The van der Waals surface area contributed by atoms with Gasteiger partial charge in [0.1, 0.15) is 0 Å². The molecule has 0 bridgehead atoms. The van der Waals surface area contributed by atoms with Crippen molar-refractivity contribution in [3.8, 4) is 0 Å². The van der Waals surface area contributed by atoms with Crippen molar-refractivity contribution in [1.29, 1.82) is 0 Å². The Kier molecular flexibility index (Phi) is 4.62. The number of nitrogens with one attached hydrogen (secondary N) is 1. The fourth-order valence-corrected chi connectivity index (χ4v) is 2.72. The van der Waals surface area contributed by atoms with Crippen LogP contribution in [0, 0.1) is 17.8 Å². The van der Waals surface area contributed by atoms with E-state index in [1.807, 2.05) is 0 Å². The molecule has 94 valence electrons. The minimum absolute atomic E-state index is 0.761. The van der Waals surface area contributed by atoms with E-state index in [1.165, 1.54) is 26.1 Å². The molecule has 2 aliphatic heterocycles. The van der Waals surface area contributed by atoms with Crippen LogP contribution in [0.25, 0.3) is 0 Å². The van der Waals surface area contributed by atoms with Crippen molar-refractivity contribution in [1.82, 2.24) is 10.2 Å². The van der Waals surface area contributed by atoms with Gasteiger partial charge < -0.3 is 15.0 Å². The number of hydrogen-bond acceptors (Lipinski definition) is 3. The first kappa shape index (κ1) is 12.3. The summed E-state index contributed by atoms with van der Waals surface area (Å²) in [7, 11) is 0. The molecule has 0 spiro atoms. The fraction of sp³-hybridized carbons (Fsp3) is 1.00. The minimum atomic E-state index is 0.761. The van der Waals surface area contributed by atoms with Crippen LogP contribution in [-0.4, -0.2) is 50.8 Å². The number of ether oxygens (including phenoxy) is 1. The third kappa shape index (κ3) is 3.44. The van der Waals surface area contributed by atoms with Gasteiger partial charge in [0.25, 0.3) is 0 Å². The second-order valence-electron chi connectivity index (χ2n) is 5.65. The summed E-state index contributed by atoms with van der Waals surface area (Å²) < 4.78 is 5.37. The molecule has 0 aliphatic carbocycles. The summed E-state index contributed by atoms with van der Waals surface area (Å²) in [6.07, 6.45) is 1.24. The molecule has 0 amide bonds. The zero-order chi connectivity index (χ0) is 11.4. The quantitative estimate of drug-likeness (QED) is 0.713. The first-order chi connectivity index (χ1) is 7.75. The lowest BCUT2D eigenvalue weighted by atomic mass is 10.0. The first-order valence-corrected chi connectivity index (χ1v) is 6.76. The Morgan fingerprint density at radius 3 is 2.62 bits per heavy atom. The summed E-state index contributed by atoms with van der Waals surface area (Å²) in [5.41, 5.74) is 0. The summed E-state index contributed by atoms with van der Waals surface area (Å²) in [5, 5.41) is 3.56. The molecule has 0 aromatic carbocycles. The first-order valence-electron chi connectivity index (χ1n) is 6.76. The van der Waals surface area contributed by atoms with E-state index < -0.39 is 0 Å². The maximum Gasteiger partial charge on any atom is 0.0507 e. The van der Waals surface area contributed by atoms with Crippen LogP contribution in [-0.2, 0) is 4.74 Å². The Morgan fingerprint density at radius 2 is 2.00 bits per heavy atom. The van der Waals surface area contributed by atoms with E-state index in [-0.39, 0.29) is 0 Å². The van der Waals surface area contributed by atoms with Crippen LogP contribution in [0.15, 0.2) is 0 Å². The number of likely N-dealkylation sites (tertiary alicyclic amines) is 1. The van der Waals surface area contributed by atoms with Crippen molar-refractivity contribution in [2.24, 2.45) is 17.8 Å². The van der Waals surface area contributed by atoms with E-state index in [2.05, 4.69) is 24.1 Å². The van der Waals surface area contributed by atoms with Crippen molar-refractivity contribution in [3.63, 3.8) is 0 Å². The van der Waals surface area contributed by atoms with Crippen molar-refractivity contribution >= 4 is 0 Å². The predicted octanol–water partition coefficient (Wildman–Crippen LogP) is 1.20. The monoisotopic (exact) mass is 226 g/mol. The van der Waals surface area contributed by atoms with Gasteiger partial charge in [-0.2, -0.15) is 0 Å². The lowest BCUT2D eigenvalue weighted by Gasteiger charge is -2.16. The molecular formula is C13H26N2O. The SMILES string of the molecule is CC1CN(CCNCC2CCOC2)CC1C. The fourth-order valence-electron chi connectivity index (χ4n) is 2.72. The highest BCUT2D eigenvalue weighted by Crippen LogP contribution is 2.21. The van der Waals surface area contributed by atoms with Gasteiger partial charge in [-0.05, 0) is 24.2 Å². The molecular weight excluding hydrogens is 200 g/mol. The Balaban J connectivity index is 1.51. The van der Waals surface area contributed by atoms with Gasteiger partial charge in [-0.15, -0.1) is 0 Å². The molecule has 3 unspecified atom stereocenters. The van der Waals surface area contributed by atoms with E-state index in [0.717, 1.165) is 44.1 Å². The molecule has 1 N–H and O–H groups in total. The summed E-state index contributed by atoms with van der Waals surface area (Å²) in [4.78, 5) is 2.59. The topological polar surface area (TPSA) is 24.5 Å². The standard InChI is InChI=1S/C13H26N2O/c1-11-8-15(9-12(11)2)5-4-14-7-13-3-6-16-10-13/h11-14H,3-10H2,1-2H3. The summed E-state index contributed by atoms with van der Waals surface area (Å²) in [5.74, 6) is 2.52. The molecule has 2 fully saturated rings. The molecule has 3 atom stereocenters. The average molecular weight is 226 g/mol. The highest BCUT2D eigenvalue weighted by Gasteiger charge is 2.25. The van der Waals surface area contributed by atoms with E-state index in [1.54, 1.807) is 0 Å². The normalized spacial score (nSPS) is 36.0. The second kappa shape index (κ2) is 5.99. The molecule has 0 saturated carbocycles. The largest absolute Gasteiger partial charge is 0.381 e. The van der Waals surface area contributed by atoms with Crippen LogP contribution in [0.4, 0.5) is 0 Å². The summed E-state index contributed by atoms with van der Waals surface area (Å²) in [6.45, 7) is 12.7. The average Bonchev–Trinajstić information content (AvgIpc) is 2.85. The number of hydrogen-bond donors (Lipinski definition) is 1. The lowest BCUT2D eigenvalue weighted by Crippen LogP contribution is -2.33. The van der Waals surface area contributed by atoms with E-state index >= 15 is 0 Å². The van der Waals surface area contributed by atoms with Gasteiger partial charge in [0, 0.05) is 39.3 Å². The van der Waals surface area contributed by atoms with E-state index in [9.17, 15) is 0 Å². The molecule has 0 radical (unpaired) electrons. The van der Waals surface area contributed by atoms with Crippen molar-refractivity contribution < 1.29 is 4.74 Å². The van der Waals surface area contributed by atoms with Crippen molar-refractivity contribution in [2.75, 3.05) is 45.9 Å². The van der Waals surface area contributed by atoms with E-state index in [4.69, 9.17) is 4.74 Å². The van der Waals surface area contributed by atoms with Crippen molar-refractivity contribution in [2.45, 2.75) is 20.3 Å². The summed E-state index contributed by atoms with van der Waals surface area (Å²) >= 11 is 0. The minimum Gasteiger partial charge on any atom is -0.381 e. The van der Waals surface area contributed by atoms with Crippen LogP contribution < -0.4 is 5.32 Å².